The van der Waals surface area contributed by atoms with Gasteiger partial charge in [0, 0.05) is 25.7 Å². The van der Waals surface area contributed by atoms with E-state index in [-0.39, 0.29) is 24.0 Å². The van der Waals surface area contributed by atoms with Gasteiger partial charge in [0.05, 0.1) is 27.9 Å². The number of methoxy groups -OCH3 is 3. The number of aliphatic imine (C=N–C) groups is 1. The molecule has 1 rings (SSSR count). The zero-order chi connectivity index (χ0) is 20.2. The van der Waals surface area contributed by atoms with E-state index >= 15 is 0 Å². The zero-order valence-electron chi connectivity index (χ0n) is 18.3. The van der Waals surface area contributed by atoms with Crippen LogP contribution < -0.4 is 24.8 Å². The molecule has 0 aliphatic carbocycles. The van der Waals surface area contributed by atoms with Crippen LogP contribution in [0.25, 0.3) is 0 Å². The Balaban J connectivity index is 0.00000729. The number of ether oxygens (including phenoxy) is 3. The molecule has 0 aromatic heterocycles. The van der Waals surface area contributed by atoms with E-state index in [1.165, 1.54) is 0 Å². The monoisotopic (exact) mass is 508 g/mol. The molecule has 0 heterocycles. The lowest BCUT2D eigenvalue weighted by atomic mass is 10.2. The molecule has 0 fully saturated rings. The summed E-state index contributed by atoms with van der Waals surface area (Å²) < 4.78 is 16.2. The second kappa shape index (κ2) is 14.6. The summed E-state index contributed by atoms with van der Waals surface area (Å²) >= 11 is 0. The van der Waals surface area contributed by atoms with Gasteiger partial charge in [-0.2, -0.15) is 0 Å². The number of likely N-dealkylation sites (N-methyl/N-ethyl adjacent to an activating group) is 1. The number of hydrogen-bond donors (Lipinski definition) is 2. The van der Waals surface area contributed by atoms with Gasteiger partial charge in [-0.05, 0) is 45.0 Å². The fourth-order valence-corrected chi connectivity index (χ4v) is 2.84. The molecule has 0 saturated carbocycles. The van der Waals surface area contributed by atoms with Crippen molar-refractivity contribution in [1.29, 1.82) is 0 Å². The number of rotatable bonds is 11. The van der Waals surface area contributed by atoms with E-state index < -0.39 is 0 Å². The molecule has 1 aromatic rings. The van der Waals surface area contributed by atoms with Crippen molar-refractivity contribution in [3.63, 3.8) is 0 Å². The number of hydrogen-bond acceptors (Lipinski definition) is 5. The molecule has 0 aliphatic heterocycles. The maximum atomic E-state index is 5.41. The smallest absolute Gasteiger partial charge is 0.203 e. The Labute approximate surface area is 187 Å². The van der Waals surface area contributed by atoms with Gasteiger partial charge in [0.2, 0.25) is 5.75 Å². The summed E-state index contributed by atoms with van der Waals surface area (Å²) in [6.45, 7) is 12.8. The van der Waals surface area contributed by atoms with Gasteiger partial charge in [0.1, 0.15) is 0 Å². The van der Waals surface area contributed by atoms with Crippen molar-refractivity contribution in [2.45, 2.75) is 40.3 Å². The SMILES string of the molecule is CCNC(=NCc1cc(OC)c(OC)c(OC)c1)NCCN(CC)C(C)C.I. The molecule has 162 valence electrons. The molecule has 28 heavy (non-hydrogen) atoms. The van der Waals surface area contributed by atoms with Crippen molar-refractivity contribution in [1.82, 2.24) is 15.5 Å². The van der Waals surface area contributed by atoms with E-state index in [9.17, 15) is 0 Å². The number of guanidine groups is 1. The number of halogens is 1. The molecular weight excluding hydrogens is 471 g/mol. The molecule has 0 spiro atoms. The van der Waals surface area contributed by atoms with Crippen LogP contribution in [0, 0.1) is 0 Å². The van der Waals surface area contributed by atoms with Crippen LogP contribution in [0.1, 0.15) is 33.3 Å². The minimum absolute atomic E-state index is 0. The van der Waals surface area contributed by atoms with E-state index in [2.05, 4.69) is 48.2 Å². The maximum absolute atomic E-state index is 5.41. The first-order chi connectivity index (χ1) is 13.0. The summed E-state index contributed by atoms with van der Waals surface area (Å²) in [5.74, 6) is 2.66. The summed E-state index contributed by atoms with van der Waals surface area (Å²) in [5, 5.41) is 6.69. The Hall–Kier alpha value is -1.42. The van der Waals surface area contributed by atoms with Crippen LogP contribution >= 0.6 is 24.0 Å². The van der Waals surface area contributed by atoms with Gasteiger partial charge in [-0.25, -0.2) is 4.99 Å². The Morgan fingerprint density at radius 1 is 1.04 bits per heavy atom. The highest BCUT2D eigenvalue weighted by atomic mass is 127. The average Bonchev–Trinajstić information content (AvgIpc) is 2.67. The van der Waals surface area contributed by atoms with Crippen LogP contribution in [-0.2, 0) is 6.54 Å². The second-order valence-electron chi connectivity index (χ2n) is 6.38. The Kier molecular flexibility index (Phi) is 13.8. The third-order valence-corrected chi connectivity index (χ3v) is 4.32. The fourth-order valence-electron chi connectivity index (χ4n) is 2.84. The second-order valence-corrected chi connectivity index (χ2v) is 6.38. The molecule has 0 aliphatic rings. The van der Waals surface area contributed by atoms with Crippen LogP contribution in [0.2, 0.25) is 0 Å². The topological polar surface area (TPSA) is 67.4 Å². The van der Waals surface area contributed by atoms with Crippen molar-refractivity contribution >= 4 is 29.9 Å². The van der Waals surface area contributed by atoms with Gasteiger partial charge in [0.15, 0.2) is 17.5 Å². The van der Waals surface area contributed by atoms with Gasteiger partial charge >= 0.3 is 0 Å². The number of benzene rings is 1. The molecule has 0 atom stereocenters. The lowest BCUT2D eigenvalue weighted by Crippen LogP contribution is -2.43. The van der Waals surface area contributed by atoms with E-state index in [0.717, 1.165) is 37.7 Å². The first-order valence-corrected chi connectivity index (χ1v) is 9.55. The molecule has 7 nitrogen and oxygen atoms in total. The molecule has 0 unspecified atom stereocenters. The first kappa shape index (κ1) is 26.6. The quantitative estimate of drug-likeness (QED) is 0.272. The van der Waals surface area contributed by atoms with Crippen LogP contribution in [-0.4, -0.2) is 64.4 Å². The Bertz CT molecular complexity index is 572. The van der Waals surface area contributed by atoms with Gasteiger partial charge in [-0.3, -0.25) is 4.90 Å². The van der Waals surface area contributed by atoms with Crippen LogP contribution in [0.15, 0.2) is 17.1 Å². The van der Waals surface area contributed by atoms with Gasteiger partial charge in [0.25, 0.3) is 0 Å². The van der Waals surface area contributed by atoms with E-state index in [1.54, 1.807) is 21.3 Å². The molecule has 0 radical (unpaired) electrons. The summed E-state index contributed by atoms with van der Waals surface area (Å²) in [6, 6.07) is 4.38. The lowest BCUT2D eigenvalue weighted by Gasteiger charge is -2.25. The third-order valence-electron chi connectivity index (χ3n) is 4.32. The maximum Gasteiger partial charge on any atom is 0.203 e. The molecule has 2 N–H and O–H groups in total. The van der Waals surface area contributed by atoms with E-state index in [4.69, 9.17) is 14.2 Å². The largest absolute Gasteiger partial charge is 0.493 e. The molecule has 0 amide bonds. The van der Waals surface area contributed by atoms with E-state index in [0.29, 0.717) is 29.8 Å². The highest BCUT2D eigenvalue weighted by Crippen LogP contribution is 2.38. The van der Waals surface area contributed by atoms with Gasteiger partial charge < -0.3 is 24.8 Å². The predicted molar refractivity (Wildman–Crippen MR) is 127 cm³/mol. The fraction of sp³-hybridized carbons (Fsp3) is 0.650. The van der Waals surface area contributed by atoms with Gasteiger partial charge in [-0.15, -0.1) is 24.0 Å². The number of nitrogens with one attached hydrogen (secondary N) is 2. The van der Waals surface area contributed by atoms with Crippen molar-refractivity contribution in [3.05, 3.63) is 17.7 Å². The Morgan fingerprint density at radius 2 is 1.64 bits per heavy atom. The number of nitrogens with zero attached hydrogens (tertiary/aromatic N) is 2. The highest BCUT2D eigenvalue weighted by molar-refractivity contribution is 14.0. The van der Waals surface area contributed by atoms with Crippen molar-refractivity contribution in [2.75, 3.05) is 47.5 Å². The summed E-state index contributed by atoms with van der Waals surface area (Å²) in [4.78, 5) is 7.09. The van der Waals surface area contributed by atoms with E-state index in [1.807, 2.05) is 12.1 Å². The summed E-state index contributed by atoms with van der Waals surface area (Å²) in [5.41, 5.74) is 0.985. The lowest BCUT2D eigenvalue weighted by molar-refractivity contribution is 0.237. The first-order valence-electron chi connectivity index (χ1n) is 9.55. The van der Waals surface area contributed by atoms with Crippen molar-refractivity contribution in [2.24, 2.45) is 4.99 Å². The van der Waals surface area contributed by atoms with Crippen LogP contribution in [0.4, 0.5) is 0 Å². The van der Waals surface area contributed by atoms with Crippen LogP contribution in [0.5, 0.6) is 17.2 Å². The minimum atomic E-state index is 0. The standard InChI is InChI=1S/C20H36N4O3.HI/c1-8-21-20(22-10-11-24(9-2)15(3)4)23-14-16-12-17(25-5)19(27-7)18(13-16)26-6;/h12-13,15H,8-11,14H2,1-7H3,(H2,21,22,23);1H. The molecule has 1 aromatic carbocycles. The third kappa shape index (κ3) is 8.30. The molecule has 0 bridgehead atoms. The highest BCUT2D eigenvalue weighted by Gasteiger charge is 2.13. The molecular formula is C20H37IN4O3. The predicted octanol–water partition coefficient (Wildman–Crippen LogP) is 3.12. The normalized spacial score (nSPS) is 11.2. The summed E-state index contributed by atoms with van der Waals surface area (Å²) in [7, 11) is 4.83. The zero-order valence-corrected chi connectivity index (χ0v) is 20.6. The van der Waals surface area contributed by atoms with Crippen LogP contribution in [0.3, 0.4) is 0 Å². The average molecular weight is 508 g/mol. The van der Waals surface area contributed by atoms with Crippen molar-refractivity contribution < 1.29 is 14.2 Å². The van der Waals surface area contributed by atoms with Gasteiger partial charge in [-0.1, -0.05) is 6.92 Å². The van der Waals surface area contributed by atoms with Crippen molar-refractivity contribution in [3.8, 4) is 17.2 Å². The minimum Gasteiger partial charge on any atom is -0.493 e. The molecule has 8 heteroatoms. The summed E-state index contributed by atoms with van der Waals surface area (Å²) in [6.07, 6.45) is 0. The molecule has 0 saturated heterocycles. The Morgan fingerprint density at radius 3 is 2.07 bits per heavy atom.